The Morgan fingerprint density at radius 2 is 1.92 bits per heavy atom. The van der Waals surface area contributed by atoms with E-state index in [4.69, 9.17) is 13.9 Å². The van der Waals surface area contributed by atoms with Gasteiger partial charge in [0.2, 0.25) is 5.71 Å². The van der Waals surface area contributed by atoms with Crippen LogP contribution in [-0.2, 0) is 0 Å². The lowest BCUT2D eigenvalue weighted by atomic mass is 10.0. The van der Waals surface area contributed by atoms with Gasteiger partial charge in [-0.25, -0.2) is 9.97 Å². The summed E-state index contributed by atoms with van der Waals surface area (Å²) in [5, 5.41) is 13.0. The molecule has 0 aliphatic carbocycles. The summed E-state index contributed by atoms with van der Waals surface area (Å²) < 4.78 is 11.7. The highest BCUT2D eigenvalue weighted by atomic mass is 16.4. The fourth-order valence-corrected chi connectivity index (χ4v) is 2.80. The van der Waals surface area contributed by atoms with E-state index in [2.05, 4.69) is 15.3 Å². The fourth-order valence-electron chi connectivity index (χ4n) is 2.80. The first kappa shape index (κ1) is 15.4. The minimum atomic E-state index is 0.118. The number of aliphatic hydroxyl groups is 1. The van der Waals surface area contributed by atoms with Gasteiger partial charge in [-0.3, -0.25) is 0 Å². The zero-order valence-electron chi connectivity index (χ0n) is 13.5. The van der Waals surface area contributed by atoms with Crippen LogP contribution in [0.2, 0.25) is 0 Å². The van der Waals surface area contributed by atoms with Crippen LogP contribution in [0.5, 0.6) is 0 Å². The average molecular weight is 335 g/mol. The molecule has 25 heavy (non-hydrogen) atoms. The van der Waals surface area contributed by atoms with E-state index in [1.165, 1.54) is 6.33 Å². The highest BCUT2D eigenvalue weighted by Gasteiger charge is 2.23. The standard InChI is InChI=1S/C19H17N3O3/c23-10-5-9-20-18-16-15(14-8-4-11-24-14)17(13-6-2-1-3-7-13)25-19(16)22-12-21-18/h1-4,6-8,11-12,23H,5,9-10H2,(H,20,21,22). The first-order valence-corrected chi connectivity index (χ1v) is 8.10. The third-order valence-electron chi connectivity index (χ3n) is 3.92. The molecule has 4 rings (SSSR count). The van der Waals surface area contributed by atoms with Crippen LogP contribution in [-0.4, -0.2) is 28.2 Å². The van der Waals surface area contributed by atoms with Crippen molar-refractivity contribution in [2.45, 2.75) is 6.42 Å². The van der Waals surface area contributed by atoms with E-state index in [1.807, 2.05) is 42.5 Å². The highest BCUT2D eigenvalue weighted by Crippen LogP contribution is 2.42. The van der Waals surface area contributed by atoms with Gasteiger partial charge in [0.25, 0.3) is 0 Å². The second-order valence-corrected chi connectivity index (χ2v) is 5.56. The van der Waals surface area contributed by atoms with E-state index >= 15 is 0 Å². The zero-order valence-corrected chi connectivity index (χ0v) is 13.5. The molecule has 0 saturated heterocycles. The van der Waals surface area contributed by atoms with Gasteiger partial charge in [0.1, 0.15) is 23.7 Å². The van der Waals surface area contributed by atoms with Gasteiger partial charge < -0.3 is 19.3 Å². The topological polar surface area (TPSA) is 84.3 Å². The molecule has 4 aromatic rings. The minimum absolute atomic E-state index is 0.118. The first-order valence-electron chi connectivity index (χ1n) is 8.10. The van der Waals surface area contributed by atoms with Gasteiger partial charge in [-0.15, -0.1) is 0 Å². The molecule has 126 valence electrons. The molecule has 0 unspecified atom stereocenters. The van der Waals surface area contributed by atoms with Crippen molar-refractivity contribution in [3.05, 3.63) is 55.1 Å². The molecular formula is C19H17N3O3. The van der Waals surface area contributed by atoms with Gasteiger partial charge in [0.15, 0.2) is 0 Å². The lowest BCUT2D eigenvalue weighted by Gasteiger charge is -2.06. The maximum absolute atomic E-state index is 9.01. The molecule has 0 aliphatic heterocycles. The Bertz CT molecular complexity index is 962. The molecular weight excluding hydrogens is 318 g/mol. The van der Waals surface area contributed by atoms with Crippen LogP contribution in [0.15, 0.2) is 63.9 Å². The number of aliphatic hydroxyl groups excluding tert-OH is 1. The highest BCUT2D eigenvalue weighted by molar-refractivity contribution is 6.04. The van der Waals surface area contributed by atoms with E-state index in [0.717, 1.165) is 16.5 Å². The third kappa shape index (κ3) is 2.88. The van der Waals surface area contributed by atoms with Crippen molar-refractivity contribution in [1.29, 1.82) is 0 Å². The zero-order chi connectivity index (χ0) is 17.1. The van der Waals surface area contributed by atoms with E-state index in [9.17, 15) is 0 Å². The molecule has 3 heterocycles. The fraction of sp³-hybridized carbons (Fsp3) is 0.158. The van der Waals surface area contributed by atoms with Crippen molar-refractivity contribution in [3.8, 4) is 22.6 Å². The van der Waals surface area contributed by atoms with Crippen LogP contribution in [0.1, 0.15) is 6.42 Å². The van der Waals surface area contributed by atoms with E-state index < -0.39 is 0 Å². The molecule has 0 bridgehead atoms. The predicted molar refractivity (Wildman–Crippen MR) is 95.1 cm³/mol. The van der Waals surface area contributed by atoms with Gasteiger partial charge in [-0.05, 0) is 18.6 Å². The molecule has 0 spiro atoms. The lowest BCUT2D eigenvalue weighted by molar-refractivity contribution is 0.292. The van der Waals surface area contributed by atoms with Gasteiger partial charge in [-0.2, -0.15) is 0 Å². The molecule has 0 saturated carbocycles. The molecule has 6 heteroatoms. The summed E-state index contributed by atoms with van der Waals surface area (Å²) in [4.78, 5) is 8.63. The summed E-state index contributed by atoms with van der Waals surface area (Å²) in [6.07, 6.45) is 3.73. The molecule has 0 radical (unpaired) electrons. The molecule has 0 amide bonds. The van der Waals surface area contributed by atoms with Crippen LogP contribution in [0.3, 0.4) is 0 Å². The predicted octanol–water partition coefficient (Wildman–Crippen LogP) is 3.94. The Labute approximate surface area is 144 Å². The molecule has 0 aliphatic rings. The van der Waals surface area contributed by atoms with E-state index in [-0.39, 0.29) is 6.61 Å². The number of fused-ring (bicyclic) bond motifs is 1. The smallest absolute Gasteiger partial charge is 0.232 e. The quantitative estimate of drug-likeness (QED) is 0.519. The van der Waals surface area contributed by atoms with Gasteiger partial charge in [0.05, 0.1) is 17.2 Å². The first-order chi connectivity index (χ1) is 12.4. The number of anilines is 1. The number of nitrogens with zero attached hydrogens (tertiary/aromatic N) is 2. The maximum atomic E-state index is 9.01. The molecule has 0 atom stereocenters. The van der Waals surface area contributed by atoms with Crippen LogP contribution < -0.4 is 5.32 Å². The van der Waals surface area contributed by atoms with Gasteiger partial charge in [-0.1, -0.05) is 30.3 Å². The van der Waals surface area contributed by atoms with E-state index in [1.54, 1.807) is 6.26 Å². The summed E-state index contributed by atoms with van der Waals surface area (Å²) in [5.74, 6) is 2.05. The van der Waals surface area contributed by atoms with Crippen LogP contribution in [0.25, 0.3) is 33.7 Å². The average Bonchev–Trinajstić information content (AvgIpc) is 3.30. The minimum Gasteiger partial charge on any atom is -0.464 e. The summed E-state index contributed by atoms with van der Waals surface area (Å²) in [6, 6.07) is 13.6. The Hall–Kier alpha value is -3.12. The van der Waals surface area contributed by atoms with Crippen molar-refractivity contribution in [3.63, 3.8) is 0 Å². The maximum Gasteiger partial charge on any atom is 0.232 e. The number of hydrogen-bond donors (Lipinski definition) is 2. The molecule has 3 aromatic heterocycles. The van der Waals surface area contributed by atoms with Crippen molar-refractivity contribution in [2.24, 2.45) is 0 Å². The Kier molecular flexibility index (Phi) is 4.18. The third-order valence-corrected chi connectivity index (χ3v) is 3.92. The van der Waals surface area contributed by atoms with Crippen molar-refractivity contribution >= 4 is 16.9 Å². The van der Waals surface area contributed by atoms with Crippen LogP contribution >= 0.6 is 0 Å². The van der Waals surface area contributed by atoms with Gasteiger partial charge >= 0.3 is 0 Å². The second-order valence-electron chi connectivity index (χ2n) is 5.56. The monoisotopic (exact) mass is 335 g/mol. The van der Waals surface area contributed by atoms with Gasteiger partial charge in [0, 0.05) is 18.7 Å². The number of hydrogen-bond acceptors (Lipinski definition) is 6. The summed E-state index contributed by atoms with van der Waals surface area (Å²) in [6.45, 7) is 0.721. The normalized spacial score (nSPS) is 11.1. The van der Waals surface area contributed by atoms with Crippen LogP contribution in [0.4, 0.5) is 5.82 Å². The second kappa shape index (κ2) is 6.78. The largest absolute Gasteiger partial charge is 0.464 e. The summed E-state index contributed by atoms with van der Waals surface area (Å²) >= 11 is 0. The summed E-state index contributed by atoms with van der Waals surface area (Å²) in [7, 11) is 0. The Morgan fingerprint density at radius 1 is 1.04 bits per heavy atom. The molecule has 1 aromatic carbocycles. The SMILES string of the molecule is OCCCNc1ncnc2oc(-c3ccccc3)c(-c3ccco3)c12. The number of nitrogens with one attached hydrogen (secondary N) is 1. The number of rotatable bonds is 6. The summed E-state index contributed by atoms with van der Waals surface area (Å²) in [5.41, 5.74) is 2.25. The van der Waals surface area contributed by atoms with Crippen molar-refractivity contribution in [2.75, 3.05) is 18.5 Å². The number of aromatic nitrogens is 2. The molecule has 2 N–H and O–H groups in total. The van der Waals surface area contributed by atoms with Crippen LogP contribution in [0, 0.1) is 0 Å². The Morgan fingerprint density at radius 3 is 2.68 bits per heavy atom. The molecule has 0 fully saturated rings. The van der Waals surface area contributed by atoms with Crippen molar-refractivity contribution < 1.29 is 13.9 Å². The number of furan rings is 2. The van der Waals surface area contributed by atoms with E-state index in [0.29, 0.717) is 36.0 Å². The Balaban J connectivity index is 1.94. The molecule has 6 nitrogen and oxygen atoms in total. The van der Waals surface area contributed by atoms with Crippen molar-refractivity contribution in [1.82, 2.24) is 9.97 Å². The lowest BCUT2D eigenvalue weighted by Crippen LogP contribution is -2.05. The number of benzene rings is 1.